The summed E-state index contributed by atoms with van der Waals surface area (Å²) in [5.74, 6) is -0.934. The van der Waals surface area contributed by atoms with Gasteiger partial charge in [0.15, 0.2) is 5.13 Å². The molecule has 3 N–H and O–H groups in total. The monoisotopic (exact) mass is 652 g/mol. The molecule has 8 nitrogen and oxygen atoms in total. The quantitative estimate of drug-likeness (QED) is 0.101. The fraction of sp³-hybridized carbons (Fsp3) is 0.0857. The van der Waals surface area contributed by atoms with Gasteiger partial charge in [-0.05, 0) is 79.2 Å². The first-order valence-corrected chi connectivity index (χ1v) is 15.9. The Labute approximate surface area is 273 Å². The van der Waals surface area contributed by atoms with E-state index in [0.29, 0.717) is 33.4 Å². The molecule has 0 saturated heterocycles. The minimum atomic E-state index is -0.558. The topological polar surface area (TPSA) is 109 Å². The Balaban J connectivity index is 1.21. The number of anilines is 2. The van der Waals surface area contributed by atoms with E-state index < -0.39 is 22.9 Å². The molecular formula is C35H29FN4O4S2. The van der Waals surface area contributed by atoms with E-state index in [1.54, 1.807) is 68.6 Å². The molecule has 0 fully saturated rings. The van der Waals surface area contributed by atoms with Crippen LogP contribution in [0.1, 0.15) is 22.8 Å². The van der Waals surface area contributed by atoms with Crippen molar-refractivity contribution in [3.8, 4) is 17.0 Å². The summed E-state index contributed by atoms with van der Waals surface area (Å²) in [7, 11) is 1.60. The fourth-order valence-electron chi connectivity index (χ4n) is 4.26. The van der Waals surface area contributed by atoms with Crippen molar-refractivity contribution in [1.82, 2.24) is 10.3 Å². The van der Waals surface area contributed by atoms with Crippen LogP contribution in [0, 0.1) is 5.82 Å². The molecule has 1 atom stereocenters. The average Bonchev–Trinajstić information content (AvgIpc) is 3.54. The molecule has 5 aromatic rings. The lowest BCUT2D eigenvalue weighted by molar-refractivity contribution is -0.115. The lowest BCUT2D eigenvalue weighted by Crippen LogP contribution is -2.30. The van der Waals surface area contributed by atoms with Crippen LogP contribution in [0.4, 0.5) is 15.2 Å². The van der Waals surface area contributed by atoms with Gasteiger partial charge in [0.1, 0.15) is 17.3 Å². The minimum absolute atomic E-state index is 0.0136. The molecule has 3 amide bonds. The van der Waals surface area contributed by atoms with Crippen LogP contribution in [0.15, 0.2) is 119 Å². The van der Waals surface area contributed by atoms with Crippen LogP contribution in [0.3, 0.4) is 0 Å². The van der Waals surface area contributed by atoms with Gasteiger partial charge in [-0.3, -0.25) is 14.4 Å². The number of hydrogen-bond donors (Lipinski definition) is 3. The van der Waals surface area contributed by atoms with Gasteiger partial charge in [0, 0.05) is 27.1 Å². The lowest BCUT2D eigenvalue weighted by atomic mass is 10.1. The average molecular weight is 653 g/mol. The van der Waals surface area contributed by atoms with Gasteiger partial charge in [-0.1, -0.05) is 42.5 Å². The highest BCUT2D eigenvalue weighted by Crippen LogP contribution is 2.32. The maximum absolute atomic E-state index is 13.4. The highest BCUT2D eigenvalue weighted by molar-refractivity contribution is 8.00. The van der Waals surface area contributed by atoms with Crippen LogP contribution in [0.5, 0.6) is 5.75 Å². The molecule has 1 heterocycles. The smallest absolute Gasteiger partial charge is 0.272 e. The first-order chi connectivity index (χ1) is 22.3. The zero-order chi connectivity index (χ0) is 32.5. The normalized spacial score (nSPS) is 11.8. The van der Waals surface area contributed by atoms with Crippen LogP contribution in [-0.4, -0.2) is 35.1 Å². The summed E-state index contributed by atoms with van der Waals surface area (Å²) in [5.41, 5.74) is 2.94. The van der Waals surface area contributed by atoms with Gasteiger partial charge in [0.05, 0.1) is 18.1 Å². The number of nitrogens with zero attached hydrogens (tertiary/aromatic N) is 1. The van der Waals surface area contributed by atoms with E-state index in [-0.39, 0.29) is 11.6 Å². The minimum Gasteiger partial charge on any atom is -0.496 e. The van der Waals surface area contributed by atoms with Crippen molar-refractivity contribution in [3.63, 3.8) is 0 Å². The van der Waals surface area contributed by atoms with Gasteiger partial charge in [0.2, 0.25) is 5.91 Å². The van der Waals surface area contributed by atoms with E-state index in [4.69, 9.17) is 4.74 Å². The maximum Gasteiger partial charge on any atom is 0.272 e. The zero-order valence-electron chi connectivity index (χ0n) is 24.8. The number of carbonyl (C=O) groups is 3. The number of thiazole rings is 1. The number of para-hydroxylation sites is 1. The molecule has 1 aromatic heterocycles. The number of methoxy groups -OCH3 is 1. The Hall–Kier alpha value is -5.26. The van der Waals surface area contributed by atoms with Crippen molar-refractivity contribution >= 4 is 57.7 Å². The summed E-state index contributed by atoms with van der Waals surface area (Å²) < 4.78 is 18.9. The number of amides is 3. The van der Waals surface area contributed by atoms with Crippen LogP contribution in [-0.2, 0) is 9.59 Å². The summed E-state index contributed by atoms with van der Waals surface area (Å²) in [6.07, 6.45) is 1.47. The van der Waals surface area contributed by atoms with Gasteiger partial charge in [-0.25, -0.2) is 9.37 Å². The Morgan fingerprint density at radius 3 is 2.30 bits per heavy atom. The molecule has 0 aliphatic heterocycles. The van der Waals surface area contributed by atoms with E-state index in [2.05, 4.69) is 20.9 Å². The molecule has 0 aliphatic carbocycles. The van der Waals surface area contributed by atoms with Crippen LogP contribution in [0.25, 0.3) is 17.3 Å². The molecular weight excluding hydrogens is 624 g/mol. The predicted molar refractivity (Wildman–Crippen MR) is 181 cm³/mol. The molecule has 46 heavy (non-hydrogen) atoms. The van der Waals surface area contributed by atoms with Crippen molar-refractivity contribution in [2.75, 3.05) is 17.7 Å². The summed E-state index contributed by atoms with van der Waals surface area (Å²) in [6.45, 7) is 1.80. The SMILES string of the molecule is COc1ccccc1-c1csc(NC(=O)C(C)Sc2ccc(NC(=O)/C(=C/c3ccc(F)cc3)NC(=O)c3ccccc3)cc2)n1. The number of benzene rings is 4. The van der Waals surface area contributed by atoms with Crippen molar-refractivity contribution in [2.24, 2.45) is 0 Å². The fourth-order valence-corrected chi connectivity index (χ4v) is 5.84. The first kappa shape index (κ1) is 32.1. The molecule has 4 aromatic carbocycles. The number of rotatable bonds is 11. The van der Waals surface area contributed by atoms with E-state index in [1.165, 1.54) is 53.4 Å². The third kappa shape index (κ3) is 8.46. The summed E-state index contributed by atoms with van der Waals surface area (Å²) in [4.78, 5) is 44.4. The number of carbonyl (C=O) groups excluding carboxylic acids is 3. The first-order valence-electron chi connectivity index (χ1n) is 14.1. The Kier molecular flexibility index (Phi) is 10.6. The number of ether oxygens (including phenoxy) is 1. The molecule has 0 bridgehead atoms. The number of hydrogen-bond acceptors (Lipinski definition) is 7. The molecule has 0 spiro atoms. The van der Waals surface area contributed by atoms with E-state index in [9.17, 15) is 18.8 Å². The molecule has 0 aliphatic rings. The van der Waals surface area contributed by atoms with Gasteiger partial charge in [-0.15, -0.1) is 23.1 Å². The zero-order valence-corrected chi connectivity index (χ0v) is 26.5. The van der Waals surface area contributed by atoms with Crippen molar-refractivity contribution in [3.05, 3.63) is 131 Å². The van der Waals surface area contributed by atoms with Gasteiger partial charge >= 0.3 is 0 Å². The Morgan fingerprint density at radius 2 is 1.59 bits per heavy atom. The van der Waals surface area contributed by atoms with Gasteiger partial charge < -0.3 is 20.7 Å². The third-order valence-corrected chi connectivity index (χ3v) is 8.49. The highest BCUT2D eigenvalue weighted by atomic mass is 32.2. The molecule has 0 radical (unpaired) electrons. The van der Waals surface area contributed by atoms with Crippen molar-refractivity contribution < 1.29 is 23.5 Å². The maximum atomic E-state index is 13.4. The van der Waals surface area contributed by atoms with Gasteiger partial charge in [-0.2, -0.15) is 0 Å². The second kappa shape index (κ2) is 15.2. The lowest BCUT2D eigenvalue weighted by Gasteiger charge is -2.13. The largest absolute Gasteiger partial charge is 0.496 e. The number of halogens is 1. The second-order valence-corrected chi connectivity index (χ2v) is 12.2. The summed E-state index contributed by atoms with van der Waals surface area (Å²) in [6, 6.07) is 28.6. The molecule has 5 rings (SSSR count). The molecule has 232 valence electrons. The molecule has 1 unspecified atom stereocenters. The summed E-state index contributed by atoms with van der Waals surface area (Å²) in [5, 5.41) is 10.2. The standard InChI is InChI=1S/C35H29FN4O4S2/c1-22(32(41)40-35-39-30(21-45-35)28-10-6-7-11-31(28)44-2)46-27-18-16-26(17-19-27)37-34(43)29(20-23-12-14-25(36)15-13-23)38-33(42)24-8-4-3-5-9-24/h3-22H,1-2H3,(H,37,43)(H,38,42)(H,39,40,41)/b29-20-. The molecule has 0 saturated carbocycles. The van der Waals surface area contributed by atoms with Crippen LogP contribution < -0.4 is 20.7 Å². The van der Waals surface area contributed by atoms with Crippen molar-refractivity contribution in [1.29, 1.82) is 0 Å². The number of thioether (sulfide) groups is 1. The van der Waals surface area contributed by atoms with Gasteiger partial charge in [0.25, 0.3) is 11.8 Å². The molecule has 11 heteroatoms. The Bertz CT molecular complexity index is 1860. The highest BCUT2D eigenvalue weighted by Gasteiger charge is 2.18. The second-order valence-electron chi connectivity index (χ2n) is 9.90. The van der Waals surface area contributed by atoms with Crippen LogP contribution in [0.2, 0.25) is 0 Å². The van der Waals surface area contributed by atoms with E-state index >= 15 is 0 Å². The number of aromatic nitrogens is 1. The number of nitrogens with one attached hydrogen (secondary N) is 3. The summed E-state index contributed by atoms with van der Waals surface area (Å²) >= 11 is 2.69. The van der Waals surface area contributed by atoms with E-state index in [0.717, 1.165) is 10.5 Å². The Morgan fingerprint density at radius 1 is 0.891 bits per heavy atom. The van der Waals surface area contributed by atoms with E-state index in [1.807, 2.05) is 29.6 Å². The van der Waals surface area contributed by atoms with Crippen LogP contribution >= 0.6 is 23.1 Å². The van der Waals surface area contributed by atoms with Crippen molar-refractivity contribution in [2.45, 2.75) is 17.1 Å². The predicted octanol–water partition coefficient (Wildman–Crippen LogP) is 7.49. The third-order valence-electron chi connectivity index (χ3n) is 6.62.